The fraction of sp³-hybridized carbons (Fsp3) is 0.154. The van der Waals surface area contributed by atoms with Gasteiger partial charge in [0.15, 0.2) is 11.5 Å². The monoisotopic (exact) mass is 501 g/mol. The summed E-state index contributed by atoms with van der Waals surface area (Å²) in [4.78, 5) is 27.2. The van der Waals surface area contributed by atoms with E-state index in [1.54, 1.807) is 0 Å². The number of aliphatic hydroxyl groups is 1. The van der Waals surface area contributed by atoms with Gasteiger partial charge in [0.05, 0.1) is 31.4 Å². The highest BCUT2D eigenvalue weighted by Crippen LogP contribution is 2.45. The molecule has 1 N–H and O–H groups in total. The summed E-state index contributed by atoms with van der Waals surface area (Å²) in [5, 5.41) is 11.0. The van der Waals surface area contributed by atoms with Crippen molar-refractivity contribution in [1.82, 2.24) is 0 Å². The first-order valence-corrected chi connectivity index (χ1v) is 10.5. The standard InChI is InChI=1S/C26H19F4NO5/c1-35-19-11-8-15(12-20(19)36-2)22-21(23(32)14-6-9-17(27)10-7-14)24(33)25(34)31(22)18-5-3-4-16(13-18)26(28,29)30/h3-13,22,32H,1-2H3/t22-/m0/s1. The van der Waals surface area contributed by atoms with Crippen molar-refractivity contribution in [2.24, 2.45) is 0 Å². The number of hydrogen-bond acceptors (Lipinski definition) is 5. The van der Waals surface area contributed by atoms with E-state index in [2.05, 4.69) is 0 Å². The summed E-state index contributed by atoms with van der Waals surface area (Å²) < 4.78 is 64.2. The van der Waals surface area contributed by atoms with E-state index in [1.165, 1.54) is 50.6 Å². The molecule has 1 saturated heterocycles. The maximum atomic E-state index is 13.4. The minimum atomic E-state index is -4.70. The third-order valence-corrected chi connectivity index (χ3v) is 5.74. The summed E-state index contributed by atoms with van der Waals surface area (Å²) in [7, 11) is 2.77. The molecule has 1 fully saturated rings. The molecule has 0 aromatic heterocycles. The van der Waals surface area contributed by atoms with Gasteiger partial charge in [-0.25, -0.2) is 4.39 Å². The van der Waals surface area contributed by atoms with Gasteiger partial charge in [0.2, 0.25) is 0 Å². The van der Waals surface area contributed by atoms with E-state index in [1.807, 2.05) is 0 Å². The zero-order valence-electron chi connectivity index (χ0n) is 19.0. The molecule has 1 amide bonds. The van der Waals surface area contributed by atoms with Gasteiger partial charge in [-0.05, 0) is 60.2 Å². The van der Waals surface area contributed by atoms with E-state index in [0.29, 0.717) is 5.75 Å². The van der Waals surface area contributed by atoms with Crippen LogP contribution in [-0.2, 0) is 15.8 Å². The number of amides is 1. The zero-order valence-corrected chi connectivity index (χ0v) is 19.0. The Morgan fingerprint density at radius 2 is 1.58 bits per heavy atom. The van der Waals surface area contributed by atoms with Crippen LogP contribution in [-0.4, -0.2) is 31.0 Å². The van der Waals surface area contributed by atoms with Crippen molar-refractivity contribution < 1.29 is 41.7 Å². The van der Waals surface area contributed by atoms with Gasteiger partial charge in [0, 0.05) is 11.3 Å². The van der Waals surface area contributed by atoms with Gasteiger partial charge >= 0.3 is 6.18 Å². The Morgan fingerprint density at radius 3 is 2.19 bits per heavy atom. The van der Waals surface area contributed by atoms with Crippen LogP contribution in [0.4, 0.5) is 23.2 Å². The number of alkyl halides is 3. The van der Waals surface area contributed by atoms with E-state index >= 15 is 0 Å². The molecule has 6 nitrogen and oxygen atoms in total. The number of methoxy groups -OCH3 is 2. The summed E-state index contributed by atoms with van der Waals surface area (Å²) in [6, 6.07) is 11.6. The number of hydrogen-bond donors (Lipinski definition) is 1. The number of halogens is 4. The third-order valence-electron chi connectivity index (χ3n) is 5.74. The molecule has 186 valence electrons. The molecule has 0 saturated carbocycles. The number of rotatable bonds is 5. The lowest BCUT2D eigenvalue weighted by Crippen LogP contribution is -2.29. The summed E-state index contributed by atoms with van der Waals surface area (Å²) in [5.74, 6) is -2.90. The second-order valence-corrected chi connectivity index (χ2v) is 7.84. The minimum Gasteiger partial charge on any atom is -0.507 e. The molecule has 1 heterocycles. The van der Waals surface area contributed by atoms with E-state index in [-0.39, 0.29) is 28.1 Å². The Labute approximate surface area is 203 Å². The summed E-state index contributed by atoms with van der Waals surface area (Å²) in [6.45, 7) is 0. The van der Waals surface area contributed by atoms with Gasteiger partial charge in [0.25, 0.3) is 11.7 Å². The Morgan fingerprint density at radius 1 is 0.917 bits per heavy atom. The summed E-state index contributed by atoms with van der Waals surface area (Å²) in [5.41, 5.74) is -1.30. The van der Waals surface area contributed by atoms with Crippen LogP contribution in [0.15, 0.2) is 72.3 Å². The number of ether oxygens (including phenoxy) is 2. The SMILES string of the molecule is COc1ccc([C@H]2C(=C(O)c3ccc(F)cc3)C(=O)C(=O)N2c2cccc(C(F)(F)F)c2)cc1OC. The van der Waals surface area contributed by atoms with Gasteiger partial charge in [-0.2, -0.15) is 13.2 Å². The summed E-state index contributed by atoms with van der Waals surface area (Å²) >= 11 is 0. The number of nitrogens with zero attached hydrogens (tertiary/aromatic N) is 1. The first-order chi connectivity index (χ1) is 17.1. The number of anilines is 1. The fourth-order valence-corrected chi connectivity index (χ4v) is 4.03. The van der Waals surface area contributed by atoms with Gasteiger partial charge < -0.3 is 14.6 Å². The molecule has 1 atom stereocenters. The van der Waals surface area contributed by atoms with Crippen LogP contribution < -0.4 is 14.4 Å². The van der Waals surface area contributed by atoms with Crippen molar-refractivity contribution in [3.63, 3.8) is 0 Å². The van der Waals surface area contributed by atoms with Gasteiger partial charge in [-0.15, -0.1) is 0 Å². The van der Waals surface area contributed by atoms with Crippen molar-refractivity contribution >= 4 is 23.1 Å². The van der Waals surface area contributed by atoms with E-state index in [4.69, 9.17) is 9.47 Å². The van der Waals surface area contributed by atoms with Crippen LogP contribution in [0.2, 0.25) is 0 Å². The Bertz CT molecular complexity index is 1370. The molecule has 0 bridgehead atoms. The van der Waals surface area contributed by atoms with Crippen LogP contribution in [0, 0.1) is 5.82 Å². The van der Waals surface area contributed by atoms with Crippen molar-refractivity contribution in [1.29, 1.82) is 0 Å². The van der Waals surface area contributed by atoms with Gasteiger partial charge in [0.1, 0.15) is 11.6 Å². The third kappa shape index (κ3) is 4.37. The highest BCUT2D eigenvalue weighted by molar-refractivity contribution is 6.51. The quantitative estimate of drug-likeness (QED) is 0.217. The molecule has 1 aliphatic heterocycles. The second-order valence-electron chi connectivity index (χ2n) is 7.84. The molecule has 0 unspecified atom stereocenters. The topological polar surface area (TPSA) is 76.1 Å². The van der Waals surface area contributed by atoms with Crippen molar-refractivity contribution in [3.05, 3.63) is 94.8 Å². The highest BCUT2D eigenvalue weighted by atomic mass is 19.4. The second kappa shape index (κ2) is 9.37. The molecular weight excluding hydrogens is 482 g/mol. The maximum Gasteiger partial charge on any atom is 0.416 e. The molecule has 4 rings (SSSR count). The first kappa shape index (κ1) is 24.8. The lowest BCUT2D eigenvalue weighted by Gasteiger charge is -2.26. The molecule has 10 heteroatoms. The van der Waals surface area contributed by atoms with Crippen LogP contribution in [0.5, 0.6) is 11.5 Å². The molecule has 0 radical (unpaired) electrons. The normalized spacial score (nSPS) is 17.4. The molecule has 3 aromatic carbocycles. The highest BCUT2D eigenvalue weighted by Gasteiger charge is 2.47. The number of aliphatic hydroxyl groups excluding tert-OH is 1. The van der Waals surface area contributed by atoms with Crippen LogP contribution in [0.1, 0.15) is 22.7 Å². The predicted octanol–water partition coefficient (Wildman–Crippen LogP) is 5.49. The number of carbonyl (C=O) groups excluding carboxylic acids is 2. The van der Waals surface area contributed by atoms with Crippen LogP contribution in [0.25, 0.3) is 5.76 Å². The number of ketones is 1. The van der Waals surface area contributed by atoms with E-state index in [0.717, 1.165) is 35.2 Å². The lowest BCUT2D eigenvalue weighted by molar-refractivity contribution is -0.137. The smallest absolute Gasteiger partial charge is 0.416 e. The zero-order chi connectivity index (χ0) is 26.2. The lowest BCUT2D eigenvalue weighted by atomic mass is 9.94. The first-order valence-electron chi connectivity index (χ1n) is 10.5. The average Bonchev–Trinajstić information content (AvgIpc) is 3.13. The molecule has 0 spiro atoms. The minimum absolute atomic E-state index is 0.0453. The van der Waals surface area contributed by atoms with Crippen LogP contribution >= 0.6 is 0 Å². The predicted molar refractivity (Wildman–Crippen MR) is 122 cm³/mol. The Hall–Kier alpha value is -4.34. The molecule has 0 aliphatic carbocycles. The number of Topliss-reactive ketones (excluding diaryl/α,β-unsaturated/α-hetero) is 1. The maximum absolute atomic E-state index is 13.4. The average molecular weight is 501 g/mol. The van der Waals surface area contributed by atoms with Gasteiger partial charge in [-0.1, -0.05) is 12.1 Å². The molecule has 1 aliphatic rings. The van der Waals surface area contributed by atoms with E-state index < -0.39 is 41.0 Å². The van der Waals surface area contributed by atoms with Crippen LogP contribution in [0.3, 0.4) is 0 Å². The molecule has 36 heavy (non-hydrogen) atoms. The van der Waals surface area contributed by atoms with Crippen molar-refractivity contribution in [2.45, 2.75) is 12.2 Å². The van der Waals surface area contributed by atoms with Gasteiger partial charge in [-0.3, -0.25) is 14.5 Å². The summed E-state index contributed by atoms with van der Waals surface area (Å²) in [6.07, 6.45) is -4.70. The van der Waals surface area contributed by atoms with E-state index in [9.17, 15) is 32.3 Å². The number of carbonyl (C=O) groups is 2. The number of benzene rings is 3. The largest absolute Gasteiger partial charge is 0.507 e. The van der Waals surface area contributed by atoms with Crippen molar-refractivity contribution in [2.75, 3.05) is 19.1 Å². The molecular formula is C26H19F4NO5. The Kier molecular flexibility index (Phi) is 6.45. The van der Waals surface area contributed by atoms with Crippen molar-refractivity contribution in [3.8, 4) is 11.5 Å². The fourth-order valence-electron chi connectivity index (χ4n) is 4.03. The Balaban J connectivity index is 1.97. The molecule has 3 aromatic rings.